The molecule has 0 atom stereocenters. The van der Waals surface area contributed by atoms with Gasteiger partial charge in [0, 0.05) is 49.6 Å². The van der Waals surface area contributed by atoms with Crippen LogP contribution in [0, 0.1) is 0 Å². The molecular formula is C25H27ClN6O2S. The molecule has 5 rings (SSSR count). The maximum Gasteiger partial charge on any atom is 0.223 e. The molecular weight excluding hydrogens is 484 g/mol. The topological polar surface area (TPSA) is 92.2 Å². The van der Waals surface area contributed by atoms with Gasteiger partial charge in [-0.1, -0.05) is 22.9 Å². The van der Waals surface area contributed by atoms with E-state index in [-0.39, 0.29) is 24.5 Å². The molecule has 4 aromatic rings. The highest BCUT2D eigenvalue weighted by molar-refractivity contribution is 7.22. The van der Waals surface area contributed by atoms with Gasteiger partial charge in [0.15, 0.2) is 10.9 Å². The molecule has 2 aromatic carbocycles. The summed E-state index contributed by atoms with van der Waals surface area (Å²) in [4.78, 5) is 36.5. The minimum absolute atomic E-state index is 0.0476. The first-order valence-electron chi connectivity index (χ1n) is 11.7. The lowest BCUT2D eigenvalue weighted by atomic mass is 10.0. The average Bonchev–Trinajstić information content (AvgIpc) is 3.41. The Morgan fingerprint density at radius 2 is 1.89 bits per heavy atom. The molecule has 0 unspecified atom stereocenters. The predicted octanol–water partition coefficient (Wildman–Crippen LogP) is 4.75. The highest BCUT2D eigenvalue weighted by Gasteiger charge is 2.22. The van der Waals surface area contributed by atoms with Gasteiger partial charge in [0.1, 0.15) is 0 Å². The molecule has 1 aliphatic heterocycles. The van der Waals surface area contributed by atoms with Crippen LogP contribution in [0.15, 0.2) is 36.4 Å². The lowest BCUT2D eigenvalue weighted by molar-refractivity contribution is -0.132. The number of rotatable bonds is 7. The van der Waals surface area contributed by atoms with Crippen molar-refractivity contribution >= 4 is 67.0 Å². The Hall–Kier alpha value is -3.01. The third kappa shape index (κ3) is 5.03. The van der Waals surface area contributed by atoms with E-state index in [2.05, 4.69) is 20.6 Å². The Balaban J connectivity index is 1.26. The van der Waals surface area contributed by atoms with Gasteiger partial charge in [-0.25, -0.2) is 9.97 Å². The fourth-order valence-corrected chi connectivity index (χ4v) is 5.61. The number of anilines is 2. The summed E-state index contributed by atoms with van der Waals surface area (Å²) >= 11 is 7.59. The molecule has 0 radical (unpaired) electrons. The zero-order valence-corrected chi connectivity index (χ0v) is 21.2. The number of carbonyl (C=O) groups excluding carboxylic acids is 2. The number of nitrogens with one attached hydrogen (secondary N) is 2. The van der Waals surface area contributed by atoms with Gasteiger partial charge < -0.3 is 20.1 Å². The Morgan fingerprint density at radius 3 is 2.66 bits per heavy atom. The Morgan fingerprint density at radius 1 is 1.09 bits per heavy atom. The number of thiazole rings is 1. The minimum Gasteiger partial charge on any atom is -0.343 e. The van der Waals surface area contributed by atoms with E-state index >= 15 is 0 Å². The van der Waals surface area contributed by atoms with E-state index in [1.165, 1.54) is 11.3 Å². The number of halogens is 1. The van der Waals surface area contributed by atoms with Crippen molar-refractivity contribution in [2.24, 2.45) is 7.05 Å². The summed E-state index contributed by atoms with van der Waals surface area (Å²) in [5, 5.41) is 7.94. The summed E-state index contributed by atoms with van der Waals surface area (Å²) in [6, 6.07) is 11.6. The molecule has 0 bridgehead atoms. The number of hydrogen-bond donors (Lipinski definition) is 2. The predicted molar refractivity (Wildman–Crippen MR) is 141 cm³/mol. The summed E-state index contributed by atoms with van der Waals surface area (Å²) in [6.45, 7) is 1.49. The van der Waals surface area contributed by atoms with Crippen molar-refractivity contribution in [3.63, 3.8) is 0 Å². The number of benzene rings is 2. The molecule has 0 saturated carbocycles. The fourth-order valence-electron chi connectivity index (χ4n) is 4.47. The molecule has 2 aromatic heterocycles. The number of carbonyl (C=O) groups is 2. The number of Topliss-reactive ketones (excluding diaryl/α,β-unsaturated/α-hetero) is 1. The Labute approximate surface area is 212 Å². The van der Waals surface area contributed by atoms with Gasteiger partial charge in [0.05, 0.1) is 21.3 Å². The molecule has 1 saturated heterocycles. The molecule has 0 spiro atoms. The van der Waals surface area contributed by atoms with E-state index in [0.717, 1.165) is 41.7 Å². The van der Waals surface area contributed by atoms with E-state index in [4.69, 9.17) is 11.6 Å². The van der Waals surface area contributed by atoms with Crippen LogP contribution in [0.1, 0.15) is 36.0 Å². The van der Waals surface area contributed by atoms with Gasteiger partial charge in [0.25, 0.3) is 0 Å². The highest BCUT2D eigenvalue weighted by Crippen LogP contribution is 2.31. The summed E-state index contributed by atoms with van der Waals surface area (Å²) in [5.74, 6) is 0.638. The number of ketones is 1. The lowest BCUT2D eigenvalue weighted by Crippen LogP contribution is -2.44. The normalized spacial score (nSPS) is 14.7. The van der Waals surface area contributed by atoms with Gasteiger partial charge in [-0.05, 0) is 56.3 Å². The number of aryl methyl sites for hydroxylation is 1. The number of likely N-dealkylation sites (tertiary alicyclic amines) is 1. The number of fused-ring (bicyclic) bond motifs is 2. The molecule has 1 fully saturated rings. The van der Waals surface area contributed by atoms with Crippen LogP contribution in [0.3, 0.4) is 0 Å². The van der Waals surface area contributed by atoms with E-state index < -0.39 is 0 Å². The van der Waals surface area contributed by atoms with Crippen LogP contribution >= 0.6 is 22.9 Å². The number of hydrogen-bond acceptors (Lipinski definition) is 7. The maximum absolute atomic E-state index is 12.8. The van der Waals surface area contributed by atoms with E-state index in [1.807, 2.05) is 47.8 Å². The largest absolute Gasteiger partial charge is 0.343 e. The summed E-state index contributed by atoms with van der Waals surface area (Å²) in [5.41, 5.74) is 3.05. The molecule has 8 nitrogen and oxygen atoms in total. The Kier molecular flexibility index (Phi) is 6.73. The first-order chi connectivity index (χ1) is 16.9. The minimum atomic E-state index is -0.0476. The lowest BCUT2D eigenvalue weighted by Gasteiger charge is -2.31. The highest BCUT2D eigenvalue weighted by atomic mass is 35.5. The molecule has 3 heterocycles. The molecule has 35 heavy (non-hydrogen) atoms. The molecule has 0 aliphatic carbocycles. The van der Waals surface area contributed by atoms with Crippen molar-refractivity contribution < 1.29 is 9.59 Å². The van der Waals surface area contributed by atoms with Crippen molar-refractivity contribution in [2.45, 2.75) is 31.7 Å². The van der Waals surface area contributed by atoms with E-state index in [0.29, 0.717) is 33.2 Å². The molecule has 1 aliphatic rings. The zero-order valence-electron chi connectivity index (χ0n) is 19.7. The number of piperidine rings is 1. The quantitative estimate of drug-likeness (QED) is 0.348. The van der Waals surface area contributed by atoms with Crippen LogP contribution in [0.2, 0.25) is 5.02 Å². The number of imidazole rings is 1. The standard InChI is InChI=1S/C25H27ClN6O2S/c1-27-17-9-11-32(12-10-17)23(34)8-7-21(33)15-3-6-20-19(13-15)28-24(31(20)2)30-25-29-18-5-4-16(26)14-22(18)35-25/h3-6,13-14,17,27H,7-12H2,1-2H3,(H,28,29,30). The fraction of sp³-hybridized carbons (Fsp3) is 0.360. The van der Waals surface area contributed by atoms with E-state index in [9.17, 15) is 9.59 Å². The van der Waals surface area contributed by atoms with Gasteiger partial charge in [0.2, 0.25) is 11.9 Å². The second kappa shape index (κ2) is 9.93. The van der Waals surface area contributed by atoms with Crippen molar-refractivity contribution in [1.82, 2.24) is 24.8 Å². The van der Waals surface area contributed by atoms with Crippen molar-refractivity contribution in [1.29, 1.82) is 0 Å². The molecule has 10 heteroatoms. The number of aromatic nitrogens is 3. The number of nitrogens with zero attached hydrogens (tertiary/aromatic N) is 4. The third-order valence-electron chi connectivity index (χ3n) is 6.59. The summed E-state index contributed by atoms with van der Waals surface area (Å²) < 4.78 is 2.92. The Bertz CT molecular complexity index is 1410. The third-order valence-corrected chi connectivity index (χ3v) is 7.76. The molecule has 1 amide bonds. The van der Waals surface area contributed by atoms with Gasteiger partial charge >= 0.3 is 0 Å². The second-order valence-electron chi connectivity index (χ2n) is 8.82. The SMILES string of the molecule is CNC1CCN(C(=O)CCC(=O)c2ccc3c(c2)nc(Nc2nc4ccc(Cl)cc4s2)n3C)CC1. The molecule has 2 N–H and O–H groups in total. The van der Waals surface area contributed by atoms with Gasteiger partial charge in [-0.3, -0.25) is 9.59 Å². The summed E-state index contributed by atoms with van der Waals surface area (Å²) in [7, 11) is 3.87. The van der Waals surface area contributed by atoms with Crippen molar-refractivity contribution in [2.75, 3.05) is 25.5 Å². The average molecular weight is 511 g/mol. The maximum atomic E-state index is 12.8. The first-order valence-corrected chi connectivity index (χ1v) is 12.9. The van der Waals surface area contributed by atoms with Crippen LogP contribution in [0.4, 0.5) is 11.1 Å². The van der Waals surface area contributed by atoms with Crippen LogP contribution < -0.4 is 10.6 Å². The smallest absolute Gasteiger partial charge is 0.223 e. The zero-order chi connectivity index (χ0) is 24.5. The summed E-state index contributed by atoms with van der Waals surface area (Å²) in [6.07, 6.45) is 2.33. The van der Waals surface area contributed by atoms with E-state index in [1.54, 1.807) is 12.1 Å². The monoisotopic (exact) mass is 510 g/mol. The molecule has 182 valence electrons. The van der Waals surface area contributed by atoms with Gasteiger partial charge in [-0.2, -0.15) is 0 Å². The van der Waals surface area contributed by atoms with Crippen molar-refractivity contribution in [3.8, 4) is 0 Å². The van der Waals surface area contributed by atoms with Crippen LogP contribution in [-0.4, -0.2) is 57.3 Å². The first kappa shape index (κ1) is 23.7. The van der Waals surface area contributed by atoms with Gasteiger partial charge in [-0.15, -0.1) is 0 Å². The number of amides is 1. The van der Waals surface area contributed by atoms with Crippen LogP contribution in [0.25, 0.3) is 21.3 Å². The van der Waals surface area contributed by atoms with Crippen LogP contribution in [0.5, 0.6) is 0 Å². The second-order valence-corrected chi connectivity index (χ2v) is 10.3. The van der Waals surface area contributed by atoms with Crippen molar-refractivity contribution in [3.05, 3.63) is 47.0 Å². The van der Waals surface area contributed by atoms with Crippen LogP contribution in [-0.2, 0) is 11.8 Å².